The number of aryl methyl sites for hydroxylation is 1. The molecule has 0 aliphatic carbocycles. The molecule has 3 aromatic rings. The number of carbonyl (C=O) groups excluding carboxylic acids is 3. The highest BCUT2D eigenvalue weighted by molar-refractivity contribution is 7.80. The highest BCUT2D eigenvalue weighted by Gasteiger charge is 2.10. The molecular formula is C28H28FN3O4S. The van der Waals surface area contributed by atoms with Gasteiger partial charge in [-0.1, -0.05) is 36.4 Å². The zero-order chi connectivity index (χ0) is 26.5. The van der Waals surface area contributed by atoms with Crippen molar-refractivity contribution in [2.75, 3.05) is 17.2 Å². The molecule has 0 unspecified atom stereocenters. The van der Waals surface area contributed by atoms with Crippen molar-refractivity contribution in [2.45, 2.75) is 32.1 Å². The molecule has 0 fully saturated rings. The first kappa shape index (κ1) is 27.5. The van der Waals surface area contributed by atoms with E-state index >= 15 is 0 Å². The SMILES string of the molecule is O=C(CCCC(=O)OCCCc1ccccc1)NC(=S)Nc1cccc(C(=O)Nc2ccc(F)cc2)c1. The Labute approximate surface area is 220 Å². The Morgan fingerprint density at radius 1 is 0.811 bits per heavy atom. The van der Waals surface area contributed by atoms with E-state index in [0.717, 1.165) is 12.8 Å². The van der Waals surface area contributed by atoms with E-state index in [1.807, 2.05) is 30.3 Å². The third-order valence-corrected chi connectivity index (χ3v) is 5.44. The predicted molar refractivity (Wildman–Crippen MR) is 145 cm³/mol. The number of benzene rings is 3. The molecule has 3 rings (SSSR count). The lowest BCUT2D eigenvalue weighted by atomic mass is 10.1. The van der Waals surface area contributed by atoms with Gasteiger partial charge in [0.2, 0.25) is 5.91 Å². The van der Waals surface area contributed by atoms with Gasteiger partial charge in [-0.2, -0.15) is 0 Å². The molecule has 2 amide bonds. The zero-order valence-corrected chi connectivity index (χ0v) is 21.0. The molecule has 192 valence electrons. The van der Waals surface area contributed by atoms with Crippen LogP contribution in [0.15, 0.2) is 78.9 Å². The van der Waals surface area contributed by atoms with Crippen LogP contribution in [0.2, 0.25) is 0 Å². The first-order valence-electron chi connectivity index (χ1n) is 11.9. The molecule has 37 heavy (non-hydrogen) atoms. The zero-order valence-electron chi connectivity index (χ0n) is 20.2. The molecule has 0 radical (unpaired) electrons. The minimum absolute atomic E-state index is 0.0737. The summed E-state index contributed by atoms with van der Waals surface area (Å²) in [5, 5.41) is 8.18. The van der Waals surface area contributed by atoms with Crippen LogP contribution in [0.25, 0.3) is 0 Å². The number of thiocarbonyl (C=S) groups is 1. The summed E-state index contributed by atoms with van der Waals surface area (Å²) in [4.78, 5) is 36.5. The molecule has 0 saturated heterocycles. The fraction of sp³-hybridized carbons (Fsp3) is 0.214. The Bertz CT molecular complexity index is 1220. The number of halogens is 1. The molecule has 0 aromatic heterocycles. The monoisotopic (exact) mass is 521 g/mol. The fourth-order valence-corrected chi connectivity index (χ4v) is 3.63. The van der Waals surface area contributed by atoms with E-state index in [9.17, 15) is 18.8 Å². The quantitative estimate of drug-likeness (QED) is 0.182. The first-order chi connectivity index (χ1) is 17.9. The summed E-state index contributed by atoms with van der Waals surface area (Å²) in [7, 11) is 0. The Balaban J connectivity index is 1.33. The van der Waals surface area contributed by atoms with Crippen molar-refractivity contribution in [3.05, 3.63) is 95.8 Å². The molecule has 9 heteroatoms. The van der Waals surface area contributed by atoms with Crippen LogP contribution in [0.1, 0.15) is 41.6 Å². The van der Waals surface area contributed by atoms with Crippen LogP contribution in [0, 0.1) is 5.82 Å². The van der Waals surface area contributed by atoms with Crippen LogP contribution in [0.5, 0.6) is 0 Å². The van der Waals surface area contributed by atoms with Crippen molar-refractivity contribution in [2.24, 2.45) is 0 Å². The van der Waals surface area contributed by atoms with Gasteiger partial charge in [-0.3, -0.25) is 14.4 Å². The third kappa shape index (κ3) is 10.2. The van der Waals surface area contributed by atoms with Crippen LogP contribution < -0.4 is 16.0 Å². The largest absolute Gasteiger partial charge is 0.466 e. The summed E-state index contributed by atoms with van der Waals surface area (Å²) in [5.41, 5.74) is 2.52. The van der Waals surface area contributed by atoms with Crippen molar-refractivity contribution < 1.29 is 23.5 Å². The number of ether oxygens (including phenoxy) is 1. The highest BCUT2D eigenvalue weighted by Crippen LogP contribution is 2.14. The Morgan fingerprint density at radius 3 is 2.32 bits per heavy atom. The normalized spacial score (nSPS) is 10.3. The minimum atomic E-state index is -0.394. The van der Waals surface area contributed by atoms with E-state index in [4.69, 9.17) is 17.0 Å². The minimum Gasteiger partial charge on any atom is -0.466 e. The van der Waals surface area contributed by atoms with Crippen LogP contribution in [-0.4, -0.2) is 29.5 Å². The van der Waals surface area contributed by atoms with Gasteiger partial charge in [-0.25, -0.2) is 4.39 Å². The maximum atomic E-state index is 13.0. The van der Waals surface area contributed by atoms with Gasteiger partial charge in [0.1, 0.15) is 5.82 Å². The molecule has 7 nitrogen and oxygen atoms in total. The van der Waals surface area contributed by atoms with Gasteiger partial charge >= 0.3 is 5.97 Å². The maximum absolute atomic E-state index is 13.0. The van der Waals surface area contributed by atoms with E-state index in [2.05, 4.69) is 16.0 Å². The number of hydrogen-bond acceptors (Lipinski definition) is 5. The summed E-state index contributed by atoms with van der Waals surface area (Å²) in [6.07, 6.45) is 2.17. The van der Waals surface area contributed by atoms with E-state index in [0.29, 0.717) is 30.0 Å². The molecule has 0 spiro atoms. The lowest BCUT2D eigenvalue weighted by Gasteiger charge is -2.11. The second kappa shape index (κ2) is 14.4. The standard InChI is InChI=1S/C28H28FN3O4S/c29-22-14-16-23(17-15-22)30-27(35)21-10-4-11-24(19-21)31-28(37)32-25(33)12-5-13-26(34)36-18-6-9-20-7-2-1-3-8-20/h1-4,7-8,10-11,14-17,19H,5-6,9,12-13,18H2,(H,30,35)(H2,31,32,33,37). The van der Waals surface area contributed by atoms with Crippen molar-refractivity contribution >= 4 is 46.5 Å². The van der Waals surface area contributed by atoms with Gasteiger partial charge in [-0.05, 0) is 79.5 Å². The number of rotatable bonds is 11. The molecule has 3 N–H and O–H groups in total. The van der Waals surface area contributed by atoms with E-state index in [1.54, 1.807) is 24.3 Å². The molecule has 0 atom stereocenters. The number of nitrogens with one attached hydrogen (secondary N) is 3. The van der Waals surface area contributed by atoms with Gasteiger partial charge in [0.05, 0.1) is 6.61 Å². The van der Waals surface area contributed by atoms with E-state index in [-0.39, 0.29) is 35.7 Å². The number of anilines is 2. The average molecular weight is 522 g/mol. The first-order valence-corrected chi connectivity index (χ1v) is 12.3. The molecular weight excluding hydrogens is 493 g/mol. The lowest BCUT2D eigenvalue weighted by Crippen LogP contribution is -2.34. The number of amides is 2. The summed E-state index contributed by atoms with van der Waals surface area (Å²) in [6, 6.07) is 22.0. The van der Waals surface area contributed by atoms with Gasteiger partial charge in [0.25, 0.3) is 5.91 Å². The molecule has 3 aromatic carbocycles. The fourth-order valence-electron chi connectivity index (χ4n) is 3.40. The van der Waals surface area contributed by atoms with Crippen LogP contribution in [0.4, 0.5) is 15.8 Å². The van der Waals surface area contributed by atoms with Crippen LogP contribution in [-0.2, 0) is 20.7 Å². The van der Waals surface area contributed by atoms with Crippen LogP contribution in [0.3, 0.4) is 0 Å². The second-order valence-electron chi connectivity index (χ2n) is 8.21. The van der Waals surface area contributed by atoms with Gasteiger partial charge < -0.3 is 20.7 Å². The summed E-state index contributed by atoms with van der Waals surface area (Å²) >= 11 is 5.18. The average Bonchev–Trinajstić information content (AvgIpc) is 2.88. The maximum Gasteiger partial charge on any atom is 0.305 e. The van der Waals surface area contributed by atoms with Crippen molar-refractivity contribution in [1.82, 2.24) is 5.32 Å². The summed E-state index contributed by atoms with van der Waals surface area (Å²) < 4.78 is 18.3. The predicted octanol–water partition coefficient (Wildman–Crippen LogP) is 5.24. The summed E-state index contributed by atoms with van der Waals surface area (Å²) in [5.74, 6) is -1.44. The second-order valence-corrected chi connectivity index (χ2v) is 8.62. The Hall–Kier alpha value is -4.11. The smallest absolute Gasteiger partial charge is 0.305 e. The molecule has 0 aliphatic heterocycles. The highest BCUT2D eigenvalue weighted by atomic mass is 32.1. The Morgan fingerprint density at radius 2 is 1.57 bits per heavy atom. The molecule has 0 heterocycles. The van der Waals surface area contributed by atoms with Crippen molar-refractivity contribution in [3.63, 3.8) is 0 Å². The van der Waals surface area contributed by atoms with Crippen molar-refractivity contribution in [3.8, 4) is 0 Å². The van der Waals surface area contributed by atoms with Gasteiger partial charge in [-0.15, -0.1) is 0 Å². The topological polar surface area (TPSA) is 96.5 Å². The van der Waals surface area contributed by atoms with Crippen molar-refractivity contribution in [1.29, 1.82) is 0 Å². The molecule has 0 saturated carbocycles. The van der Waals surface area contributed by atoms with Crippen LogP contribution >= 0.6 is 12.2 Å². The molecule has 0 aliphatic rings. The summed E-state index contributed by atoms with van der Waals surface area (Å²) in [6.45, 7) is 0.342. The molecule has 0 bridgehead atoms. The lowest BCUT2D eigenvalue weighted by molar-refractivity contribution is -0.143. The van der Waals surface area contributed by atoms with E-state index in [1.165, 1.54) is 29.8 Å². The third-order valence-electron chi connectivity index (χ3n) is 5.24. The Kier molecular flexibility index (Phi) is 10.7. The van der Waals surface area contributed by atoms with Gasteiger partial charge in [0, 0.05) is 29.8 Å². The number of esters is 1. The van der Waals surface area contributed by atoms with E-state index < -0.39 is 5.82 Å². The number of hydrogen-bond donors (Lipinski definition) is 3. The van der Waals surface area contributed by atoms with Gasteiger partial charge in [0.15, 0.2) is 5.11 Å². The number of carbonyl (C=O) groups is 3.